The van der Waals surface area contributed by atoms with Gasteiger partial charge < -0.3 is 18.9 Å². The molecular formula is C20H21N3O6. The quantitative estimate of drug-likeness (QED) is 0.740. The van der Waals surface area contributed by atoms with E-state index < -0.39 is 12.0 Å². The van der Waals surface area contributed by atoms with Gasteiger partial charge in [0.2, 0.25) is 5.91 Å². The van der Waals surface area contributed by atoms with Gasteiger partial charge in [-0.25, -0.2) is 4.79 Å². The Hall–Kier alpha value is -3.36. The minimum atomic E-state index is -0.483. The number of fused-ring (bicyclic) bond motifs is 1. The summed E-state index contributed by atoms with van der Waals surface area (Å²) in [5.74, 6) is 0.652. The van der Waals surface area contributed by atoms with E-state index in [1.807, 2.05) is 25.1 Å². The van der Waals surface area contributed by atoms with Crippen molar-refractivity contribution in [3.8, 4) is 17.1 Å². The van der Waals surface area contributed by atoms with Crippen LogP contribution in [0.25, 0.3) is 11.3 Å². The Morgan fingerprint density at radius 3 is 3.03 bits per heavy atom. The molecule has 1 aromatic carbocycles. The number of urea groups is 1. The third-order valence-corrected chi connectivity index (χ3v) is 4.86. The fourth-order valence-corrected chi connectivity index (χ4v) is 3.34. The number of carbonyl (C=O) groups excluding carboxylic acids is 3. The molecule has 0 bridgehead atoms. The lowest BCUT2D eigenvalue weighted by atomic mass is 10.1. The summed E-state index contributed by atoms with van der Waals surface area (Å²) in [4.78, 5) is 36.1. The van der Waals surface area contributed by atoms with Crippen molar-refractivity contribution in [3.63, 3.8) is 0 Å². The van der Waals surface area contributed by atoms with E-state index in [2.05, 4.69) is 10.5 Å². The maximum atomic E-state index is 11.9. The van der Waals surface area contributed by atoms with Gasteiger partial charge in [-0.15, -0.1) is 0 Å². The highest BCUT2D eigenvalue weighted by Crippen LogP contribution is 2.33. The monoisotopic (exact) mass is 399 g/mol. The van der Waals surface area contributed by atoms with Crippen molar-refractivity contribution in [3.05, 3.63) is 35.5 Å². The summed E-state index contributed by atoms with van der Waals surface area (Å²) < 4.78 is 16.3. The summed E-state index contributed by atoms with van der Waals surface area (Å²) in [7, 11) is 0. The molecule has 0 saturated carbocycles. The lowest BCUT2D eigenvalue weighted by Crippen LogP contribution is -2.49. The summed E-state index contributed by atoms with van der Waals surface area (Å²) >= 11 is 0. The average molecular weight is 399 g/mol. The van der Waals surface area contributed by atoms with E-state index in [1.165, 1.54) is 10.5 Å². The van der Waals surface area contributed by atoms with Crippen molar-refractivity contribution in [2.45, 2.75) is 38.9 Å². The number of benzene rings is 1. The number of carbonyl (C=O) groups is 3. The Balaban J connectivity index is 1.27. The van der Waals surface area contributed by atoms with Gasteiger partial charge in [0.15, 0.2) is 5.76 Å². The molecule has 1 saturated heterocycles. The number of ether oxygens (including phenoxy) is 2. The fraction of sp³-hybridized carbons (Fsp3) is 0.400. The molecule has 1 N–H and O–H groups in total. The van der Waals surface area contributed by atoms with Crippen LogP contribution in [0.4, 0.5) is 4.79 Å². The number of nitrogens with zero attached hydrogens (tertiary/aromatic N) is 2. The second kappa shape index (κ2) is 7.94. The molecule has 2 aromatic rings. The molecule has 9 heteroatoms. The van der Waals surface area contributed by atoms with Crippen LogP contribution < -0.4 is 10.1 Å². The molecule has 1 unspecified atom stereocenters. The van der Waals surface area contributed by atoms with Gasteiger partial charge in [-0.1, -0.05) is 17.3 Å². The first kappa shape index (κ1) is 19.0. The highest BCUT2D eigenvalue weighted by atomic mass is 16.5. The Bertz CT molecular complexity index is 953. The lowest BCUT2D eigenvalue weighted by Gasteiger charge is -2.25. The topological polar surface area (TPSA) is 111 Å². The first-order chi connectivity index (χ1) is 14.0. The zero-order valence-electron chi connectivity index (χ0n) is 16.0. The van der Waals surface area contributed by atoms with E-state index in [9.17, 15) is 14.4 Å². The molecule has 3 amide bonds. The molecule has 9 nitrogen and oxygen atoms in total. The second-order valence-corrected chi connectivity index (χ2v) is 7.14. The van der Waals surface area contributed by atoms with Crippen molar-refractivity contribution in [1.82, 2.24) is 15.4 Å². The third kappa shape index (κ3) is 4.39. The molecule has 2 aliphatic rings. The smallest absolute Gasteiger partial charge is 0.324 e. The molecule has 0 aliphatic carbocycles. The summed E-state index contributed by atoms with van der Waals surface area (Å²) in [6, 6.07) is 7.12. The van der Waals surface area contributed by atoms with Crippen LogP contribution in [0.3, 0.4) is 0 Å². The van der Waals surface area contributed by atoms with Gasteiger partial charge in [-0.3, -0.25) is 14.9 Å². The van der Waals surface area contributed by atoms with E-state index in [4.69, 9.17) is 14.0 Å². The van der Waals surface area contributed by atoms with Crippen LogP contribution in [0.5, 0.6) is 5.75 Å². The Kier molecular flexibility index (Phi) is 5.20. The summed E-state index contributed by atoms with van der Waals surface area (Å²) in [6.07, 6.45) is 1.33. The zero-order chi connectivity index (χ0) is 20.4. The molecular weight excluding hydrogens is 378 g/mol. The Morgan fingerprint density at radius 1 is 1.34 bits per heavy atom. The summed E-state index contributed by atoms with van der Waals surface area (Å²) in [6.45, 7) is 2.49. The van der Waals surface area contributed by atoms with Crippen molar-refractivity contribution >= 4 is 17.9 Å². The van der Waals surface area contributed by atoms with Gasteiger partial charge in [-0.2, -0.15) is 0 Å². The van der Waals surface area contributed by atoms with Crippen LogP contribution in [0.1, 0.15) is 31.0 Å². The molecule has 4 rings (SSSR count). The maximum Gasteiger partial charge on any atom is 0.324 e. The first-order valence-corrected chi connectivity index (χ1v) is 9.48. The van der Waals surface area contributed by atoms with Crippen molar-refractivity contribution in [2.24, 2.45) is 0 Å². The minimum absolute atomic E-state index is 0.0223. The molecule has 2 aliphatic heterocycles. The molecule has 0 radical (unpaired) electrons. The van der Waals surface area contributed by atoms with Gasteiger partial charge in [0, 0.05) is 37.6 Å². The molecule has 3 heterocycles. The predicted octanol–water partition coefficient (Wildman–Crippen LogP) is 2.04. The zero-order valence-corrected chi connectivity index (χ0v) is 16.0. The van der Waals surface area contributed by atoms with Crippen LogP contribution in [-0.4, -0.2) is 47.2 Å². The number of amides is 3. The second-order valence-electron chi connectivity index (χ2n) is 7.14. The molecule has 1 aromatic heterocycles. The predicted molar refractivity (Wildman–Crippen MR) is 99.9 cm³/mol. The van der Waals surface area contributed by atoms with Crippen LogP contribution >= 0.6 is 0 Å². The molecule has 0 spiro atoms. The van der Waals surface area contributed by atoms with E-state index in [-0.39, 0.29) is 38.0 Å². The largest absolute Gasteiger partial charge is 0.490 e. The molecule has 1 atom stereocenters. The number of nitrogens with one attached hydrogen (secondary N) is 1. The van der Waals surface area contributed by atoms with Crippen molar-refractivity contribution in [1.29, 1.82) is 0 Å². The van der Waals surface area contributed by atoms with Gasteiger partial charge >= 0.3 is 12.0 Å². The number of hydrogen-bond acceptors (Lipinski definition) is 7. The third-order valence-electron chi connectivity index (χ3n) is 4.86. The number of esters is 1. The highest BCUT2D eigenvalue weighted by molar-refractivity contribution is 5.96. The van der Waals surface area contributed by atoms with Crippen LogP contribution in [0, 0.1) is 0 Å². The Morgan fingerprint density at radius 2 is 2.21 bits per heavy atom. The number of rotatable bonds is 6. The molecule has 29 heavy (non-hydrogen) atoms. The van der Waals surface area contributed by atoms with Crippen molar-refractivity contribution < 1.29 is 28.4 Å². The van der Waals surface area contributed by atoms with E-state index in [0.29, 0.717) is 18.0 Å². The van der Waals surface area contributed by atoms with Gasteiger partial charge in [0.05, 0.1) is 6.42 Å². The summed E-state index contributed by atoms with van der Waals surface area (Å²) in [5, 5.41) is 6.15. The highest BCUT2D eigenvalue weighted by Gasteiger charge is 2.23. The maximum absolute atomic E-state index is 11.9. The van der Waals surface area contributed by atoms with Gasteiger partial charge in [-0.05, 0) is 18.6 Å². The van der Waals surface area contributed by atoms with Gasteiger partial charge in [0.1, 0.15) is 24.2 Å². The summed E-state index contributed by atoms with van der Waals surface area (Å²) in [5.41, 5.74) is 2.50. The standard InChI is InChI=1S/C20H21N3O6/c1-12-8-13-2-3-14(9-16(13)28-12)17-10-15(22-29-17)11-27-19(25)5-7-23-6-4-18(24)21-20(23)26/h2-3,9-10,12H,4-8,11H2,1H3,(H,21,24,26). The SMILES string of the molecule is CC1Cc2ccc(-c3cc(COC(=O)CCN4CCC(=O)NC4=O)no3)cc2O1. The normalized spacial score (nSPS) is 18.2. The fourth-order valence-electron chi connectivity index (χ4n) is 3.34. The number of imide groups is 1. The first-order valence-electron chi connectivity index (χ1n) is 9.48. The average Bonchev–Trinajstić information content (AvgIpc) is 3.30. The molecule has 152 valence electrons. The van der Waals surface area contributed by atoms with E-state index in [0.717, 1.165) is 17.7 Å². The van der Waals surface area contributed by atoms with Crippen LogP contribution in [0.15, 0.2) is 28.8 Å². The van der Waals surface area contributed by atoms with Gasteiger partial charge in [0.25, 0.3) is 0 Å². The lowest BCUT2D eigenvalue weighted by molar-refractivity contribution is -0.145. The van der Waals surface area contributed by atoms with Crippen molar-refractivity contribution in [2.75, 3.05) is 13.1 Å². The van der Waals surface area contributed by atoms with E-state index in [1.54, 1.807) is 6.07 Å². The molecule has 1 fully saturated rings. The van der Waals surface area contributed by atoms with Crippen LogP contribution in [-0.2, 0) is 27.4 Å². The number of hydrogen-bond donors (Lipinski definition) is 1. The van der Waals surface area contributed by atoms with E-state index >= 15 is 0 Å². The number of aromatic nitrogens is 1. The van der Waals surface area contributed by atoms with Crippen LogP contribution in [0.2, 0.25) is 0 Å². The minimum Gasteiger partial charge on any atom is -0.490 e. The Labute approximate surface area is 166 Å².